The molecule has 3 aromatic heterocycles. The molecule has 0 aliphatic carbocycles. The van der Waals surface area contributed by atoms with Gasteiger partial charge in [-0.15, -0.1) is 11.3 Å². The highest BCUT2D eigenvalue weighted by atomic mass is 32.1. The maximum absolute atomic E-state index is 5.27. The van der Waals surface area contributed by atoms with E-state index in [1.54, 1.807) is 0 Å². The number of aromatic nitrogens is 2. The third kappa shape index (κ3) is 4.98. The molecule has 1 atom stereocenters. The first-order valence-corrected chi connectivity index (χ1v) is 22.8. The minimum Gasteiger partial charge on any atom is -0.309 e. The highest BCUT2D eigenvalue weighted by Crippen LogP contribution is 2.57. The molecular weight excluding hydrogens is 795 g/mol. The fourth-order valence-corrected chi connectivity index (χ4v) is 12.0. The van der Waals surface area contributed by atoms with E-state index in [4.69, 9.17) is 4.98 Å². The first-order chi connectivity index (χ1) is 31.6. The van der Waals surface area contributed by atoms with Gasteiger partial charge in [0, 0.05) is 55.7 Å². The standard InChI is InChI=1S/C60H38N3S/c1-63(56-24-11-8-21-49(56)51-34-41(27-29-57(51)63)62-54-22-9-6-19-47(54)48-20-7-10-23-55(48)62)60-35-53-52-33-40(26-30-58(52)64-59(53)36-61-60)38-14-12-13-37(31-38)39-25-28-46-44-17-3-2-15-42(44)43-16-4-5-18-45(43)50(46)32-39/h2-36H,1H3/q+1. The summed E-state index contributed by atoms with van der Waals surface area (Å²) in [6.07, 6.45) is 2.10. The molecule has 0 bridgehead atoms. The summed E-state index contributed by atoms with van der Waals surface area (Å²) >= 11 is 1.82. The molecule has 1 aliphatic rings. The summed E-state index contributed by atoms with van der Waals surface area (Å²) in [7, 11) is 2.31. The van der Waals surface area contributed by atoms with Crippen molar-refractivity contribution in [2.24, 2.45) is 0 Å². The first kappa shape index (κ1) is 35.7. The Balaban J connectivity index is 0.878. The molecule has 0 amide bonds. The van der Waals surface area contributed by atoms with Crippen LogP contribution in [0, 0.1) is 0 Å². The lowest BCUT2D eigenvalue weighted by molar-refractivity contribution is 0.624. The molecule has 0 radical (unpaired) electrons. The number of para-hydroxylation sites is 3. The average Bonchev–Trinajstić information content (AvgIpc) is 3.99. The number of nitrogens with zero attached hydrogens (tertiary/aromatic N) is 3. The number of rotatable bonds is 4. The zero-order valence-electron chi connectivity index (χ0n) is 35.0. The van der Waals surface area contributed by atoms with Crippen LogP contribution in [0.3, 0.4) is 0 Å². The molecule has 0 saturated heterocycles. The lowest BCUT2D eigenvalue weighted by Gasteiger charge is -2.28. The van der Waals surface area contributed by atoms with Crippen LogP contribution in [0.5, 0.6) is 0 Å². The van der Waals surface area contributed by atoms with E-state index in [1.807, 2.05) is 11.3 Å². The number of hydrogen-bond donors (Lipinski definition) is 0. The van der Waals surface area contributed by atoms with E-state index in [0.29, 0.717) is 4.48 Å². The van der Waals surface area contributed by atoms with Crippen LogP contribution in [0.1, 0.15) is 0 Å². The average molecular weight is 833 g/mol. The summed E-state index contributed by atoms with van der Waals surface area (Å²) in [5.41, 5.74) is 13.4. The topological polar surface area (TPSA) is 17.8 Å². The predicted octanol–water partition coefficient (Wildman–Crippen LogP) is 16.9. The van der Waals surface area contributed by atoms with Gasteiger partial charge in [-0.1, -0.05) is 133 Å². The number of hydrogen-bond acceptors (Lipinski definition) is 2. The van der Waals surface area contributed by atoms with Gasteiger partial charge < -0.3 is 4.57 Å². The Morgan fingerprint density at radius 2 is 0.906 bits per heavy atom. The Kier molecular flexibility index (Phi) is 7.42. The second-order valence-corrected chi connectivity index (χ2v) is 18.5. The Morgan fingerprint density at radius 3 is 1.61 bits per heavy atom. The Labute approximate surface area is 373 Å². The molecular formula is C60H38N3S+. The molecule has 298 valence electrons. The van der Waals surface area contributed by atoms with Gasteiger partial charge in [-0.3, -0.25) is 0 Å². The minimum atomic E-state index is 0.491. The fraction of sp³-hybridized carbons (Fsp3) is 0.0167. The lowest BCUT2D eigenvalue weighted by atomic mass is 9.91. The van der Waals surface area contributed by atoms with Crippen molar-refractivity contribution in [1.82, 2.24) is 14.0 Å². The normalized spacial score (nSPS) is 14.7. The zero-order valence-corrected chi connectivity index (χ0v) is 35.8. The highest BCUT2D eigenvalue weighted by molar-refractivity contribution is 7.25. The summed E-state index contributed by atoms with van der Waals surface area (Å²) < 4.78 is 5.37. The molecule has 64 heavy (non-hydrogen) atoms. The van der Waals surface area contributed by atoms with E-state index in [1.165, 1.54) is 119 Å². The van der Waals surface area contributed by atoms with Gasteiger partial charge in [0.25, 0.3) is 0 Å². The molecule has 4 heterocycles. The summed E-state index contributed by atoms with van der Waals surface area (Å²) in [5, 5.41) is 12.8. The number of thiophene rings is 1. The van der Waals surface area contributed by atoms with Gasteiger partial charge in [0.15, 0.2) is 11.4 Å². The van der Waals surface area contributed by atoms with Gasteiger partial charge in [0.1, 0.15) is 0 Å². The number of fused-ring (bicyclic) bond motifs is 15. The fourth-order valence-electron chi connectivity index (χ4n) is 11.0. The maximum Gasteiger partial charge on any atom is 0.238 e. The van der Waals surface area contributed by atoms with Gasteiger partial charge in [-0.05, 0) is 109 Å². The van der Waals surface area contributed by atoms with Crippen LogP contribution in [0.15, 0.2) is 212 Å². The van der Waals surface area contributed by atoms with E-state index in [-0.39, 0.29) is 0 Å². The number of pyridine rings is 1. The van der Waals surface area contributed by atoms with Gasteiger partial charge in [-0.25, -0.2) is 9.47 Å². The van der Waals surface area contributed by atoms with Gasteiger partial charge in [0.2, 0.25) is 5.82 Å². The summed E-state index contributed by atoms with van der Waals surface area (Å²) in [6.45, 7) is 0. The van der Waals surface area contributed by atoms with Crippen LogP contribution in [0.4, 0.5) is 17.2 Å². The molecule has 13 aromatic rings. The van der Waals surface area contributed by atoms with Crippen molar-refractivity contribution >= 4 is 103 Å². The number of quaternary nitrogens is 1. The molecule has 1 unspecified atom stereocenters. The SMILES string of the molecule is C[N+]1(c2cc3c(cn2)sc2ccc(-c4cccc(-c5ccc6c7ccccc7c7ccccc7c6c5)c4)cc23)c2ccccc2-c2cc(-n3c4ccccc4c4ccccc43)ccc21. The second kappa shape index (κ2) is 13.3. The van der Waals surface area contributed by atoms with Crippen molar-refractivity contribution < 1.29 is 0 Å². The molecule has 14 rings (SSSR count). The largest absolute Gasteiger partial charge is 0.309 e. The molecule has 0 fully saturated rings. The quantitative estimate of drug-likeness (QED) is 0.128. The molecule has 4 heteroatoms. The van der Waals surface area contributed by atoms with Crippen LogP contribution in [-0.2, 0) is 0 Å². The Morgan fingerprint density at radius 1 is 0.375 bits per heavy atom. The third-order valence-corrected chi connectivity index (χ3v) is 15.2. The summed E-state index contributed by atoms with van der Waals surface area (Å²) in [5.74, 6) is 1.01. The molecule has 1 aliphatic heterocycles. The van der Waals surface area contributed by atoms with Crippen LogP contribution < -0.4 is 4.48 Å². The van der Waals surface area contributed by atoms with Crippen LogP contribution in [-0.4, -0.2) is 16.6 Å². The van der Waals surface area contributed by atoms with E-state index < -0.39 is 0 Å². The molecule has 0 N–H and O–H groups in total. The van der Waals surface area contributed by atoms with E-state index in [9.17, 15) is 0 Å². The minimum absolute atomic E-state index is 0.491. The Hall–Kier alpha value is -7.89. The van der Waals surface area contributed by atoms with E-state index in [0.717, 1.165) is 11.5 Å². The zero-order chi connectivity index (χ0) is 42.1. The van der Waals surface area contributed by atoms with Crippen molar-refractivity contribution in [3.63, 3.8) is 0 Å². The van der Waals surface area contributed by atoms with Gasteiger partial charge >= 0.3 is 0 Å². The second-order valence-electron chi connectivity index (χ2n) is 17.4. The maximum atomic E-state index is 5.27. The van der Waals surface area contributed by atoms with E-state index >= 15 is 0 Å². The molecule has 0 saturated carbocycles. The summed E-state index contributed by atoms with van der Waals surface area (Å²) in [4.78, 5) is 5.27. The van der Waals surface area contributed by atoms with Crippen molar-refractivity contribution in [3.05, 3.63) is 212 Å². The van der Waals surface area contributed by atoms with Crippen LogP contribution >= 0.6 is 11.3 Å². The molecule has 10 aromatic carbocycles. The van der Waals surface area contributed by atoms with Crippen LogP contribution in [0.2, 0.25) is 0 Å². The first-order valence-electron chi connectivity index (χ1n) is 22.0. The van der Waals surface area contributed by atoms with E-state index in [2.05, 4.69) is 224 Å². The van der Waals surface area contributed by atoms with Crippen molar-refractivity contribution in [1.29, 1.82) is 0 Å². The van der Waals surface area contributed by atoms with Crippen molar-refractivity contribution in [2.75, 3.05) is 7.05 Å². The van der Waals surface area contributed by atoms with Gasteiger partial charge in [-0.2, -0.15) is 0 Å². The smallest absolute Gasteiger partial charge is 0.238 e. The predicted molar refractivity (Wildman–Crippen MR) is 274 cm³/mol. The molecule has 3 nitrogen and oxygen atoms in total. The lowest BCUT2D eigenvalue weighted by Crippen LogP contribution is -2.32. The van der Waals surface area contributed by atoms with Gasteiger partial charge in [0.05, 0.1) is 34.5 Å². The van der Waals surface area contributed by atoms with Crippen molar-refractivity contribution in [2.45, 2.75) is 0 Å². The summed E-state index contributed by atoms with van der Waals surface area (Å²) in [6, 6.07) is 76.3. The highest BCUT2D eigenvalue weighted by Gasteiger charge is 2.44. The third-order valence-electron chi connectivity index (χ3n) is 14.1. The van der Waals surface area contributed by atoms with Crippen molar-refractivity contribution in [3.8, 4) is 39.1 Å². The number of benzene rings is 10. The monoisotopic (exact) mass is 832 g/mol. The molecule has 0 spiro atoms. The van der Waals surface area contributed by atoms with Crippen LogP contribution in [0.25, 0.3) is 113 Å². The Bertz CT molecular complexity index is 4030.